The molecule has 4 rings (SSSR count). The first-order valence-electron chi connectivity index (χ1n) is 10.3. The average molecular weight is 380 g/mol. The number of piperidine rings is 1. The van der Waals surface area contributed by atoms with Crippen LogP contribution in [0.3, 0.4) is 0 Å². The van der Waals surface area contributed by atoms with Crippen LogP contribution in [0, 0.1) is 12.8 Å². The van der Waals surface area contributed by atoms with Gasteiger partial charge in [0, 0.05) is 30.6 Å². The lowest BCUT2D eigenvalue weighted by Gasteiger charge is -2.32. The number of carbonyl (C=O) groups excluding carboxylic acids is 2. The van der Waals surface area contributed by atoms with E-state index in [1.54, 1.807) is 0 Å². The molecule has 28 heavy (non-hydrogen) atoms. The van der Waals surface area contributed by atoms with Gasteiger partial charge in [-0.2, -0.15) is 5.10 Å². The number of aromatic nitrogens is 2. The van der Waals surface area contributed by atoms with Gasteiger partial charge in [-0.1, -0.05) is 37.1 Å². The lowest BCUT2D eigenvalue weighted by atomic mass is 10.0. The molecule has 6 nitrogen and oxygen atoms in total. The normalized spacial score (nSPS) is 18.4. The van der Waals surface area contributed by atoms with E-state index in [0.29, 0.717) is 18.8 Å². The molecule has 0 unspecified atom stereocenters. The highest BCUT2D eigenvalue weighted by Gasteiger charge is 2.28. The zero-order chi connectivity index (χ0) is 19.5. The number of H-pyrrole nitrogens is 1. The van der Waals surface area contributed by atoms with Crippen LogP contribution in [-0.4, -0.2) is 46.0 Å². The number of hydrogen-bond donors (Lipinski definition) is 2. The summed E-state index contributed by atoms with van der Waals surface area (Å²) in [7, 11) is 0. The van der Waals surface area contributed by atoms with Gasteiger partial charge in [0.2, 0.25) is 5.91 Å². The molecule has 0 atom stereocenters. The Labute approximate surface area is 165 Å². The number of benzene rings is 1. The second-order valence-corrected chi connectivity index (χ2v) is 8.04. The number of nitrogens with one attached hydrogen (secondary N) is 2. The molecular formula is C22H28N4O2. The SMILES string of the molecule is Cc1ccccc1-c1cc(C(=O)N2CCC(NC(=O)C3CCCC3)CC2)[nH]n1. The summed E-state index contributed by atoms with van der Waals surface area (Å²) < 4.78 is 0. The maximum Gasteiger partial charge on any atom is 0.271 e. The summed E-state index contributed by atoms with van der Waals surface area (Å²) in [6.45, 7) is 3.36. The highest BCUT2D eigenvalue weighted by molar-refractivity contribution is 5.93. The van der Waals surface area contributed by atoms with Gasteiger partial charge in [-0.25, -0.2) is 0 Å². The number of hydrogen-bond acceptors (Lipinski definition) is 3. The number of nitrogens with zero attached hydrogens (tertiary/aromatic N) is 2. The van der Waals surface area contributed by atoms with Crippen LogP contribution in [0.5, 0.6) is 0 Å². The lowest BCUT2D eigenvalue weighted by molar-refractivity contribution is -0.125. The van der Waals surface area contributed by atoms with Gasteiger partial charge in [-0.3, -0.25) is 14.7 Å². The van der Waals surface area contributed by atoms with Crippen molar-refractivity contribution in [3.8, 4) is 11.3 Å². The van der Waals surface area contributed by atoms with E-state index < -0.39 is 0 Å². The van der Waals surface area contributed by atoms with Gasteiger partial charge in [-0.05, 0) is 44.2 Å². The van der Waals surface area contributed by atoms with Crippen molar-refractivity contribution in [2.24, 2.45) is 5.92 Å². The van der Waals surface area contributed by atoms with Crippen molar-refractivity contribution in [3.05, 3.63) is 41.6 Å². The summed E-state index contributed by atoms with van der Waals surface area (Å²) in [6.07, 6.45) is 5.99. The van der Waals surface area contributed by atoms with E-state index in [0.717, 1.165) is 42.5 Å². The van der Waals surface area contributed by atoms with Crippen LogP contribution in [0.1, 0.15) is 54.6 Å². The highest BCUT2D eigenvalue weighted by Crippen LogP contribution is 2.26. The smallest absolute Gasteiger partial charge is 0.271 e. The Balaban J connectivity index is 1.33. The number of likely N-dealkylation sites (tertiary alicyclic amines) is 1. The Morgan fingerprint density at radius 2 is 1.82 bits per heavy atom. The van der Waals surface area contributed by atoms with Gasteiger partial charge >= 0.3 is 0 Å². The molecule has 2 heterocycles. The molecule has 1 aromatic carbocycles. The third-order valence-electron chi connectivity index (χ3n) is 6.08. The fourth-order valence-corrected chi connectivity index (χ4v) is 4.33. The van der Waals surface area contributed by atoms with Gasteiger partial charge in [0.1, 0.15) is 5.69 Å². The molecule has 6 heteroatoms. The minimum Gasteiger partial charge on any atom is -0.353 e. The third-order valence-corrected chi connectivity index (χ3v) is 6.08. The van der Waals surface area contributed by atoms with Crippen molar-refractivity contribution in [1.29, 1.82) is 0 Å². The van der Waals surface area contributed by atoms with E-state index in [-0.39, 0.29) is 23.8 Å². The Morgan fingerprint density at radius 3 is 2.54 bits per heavy atom. The average Bonchev–Trinajstić information content (AvgIpc) is 3.41. The highest BCUT2D eigenvalue weighted by atomic mass is 16.2. The first kappa shape index (κ1) is 18.7. The summed E-state index contributed by atoms with van der Waals surface area (Å²) in [5, 5.41) is 10.4. The summed E-state index contributed by atoms with van der Waals surface area (Å²) in [5.41, 5.74) is 3.48. The molecule has 2 aromatic rings. The van der Waals surface area contributed by atoms with E-state index in [2.05, 4.69) is 15.5 Å². The van der Waals surface area contributed by atoms with Gasteiger partial charge in [0.25, 0.3) is 5.91 Å². The molecule has 0 spiro atoms. The standard InChI is InChI=1S/C22H28N4O2/c1-15-6-2-5-9-18(15)19-14-20(25-24-19)22(28)26-12-10-17(11-13-26)23-21(27)16-7-3-4-8-16/h2,5-6,9,14,16-17H,3-4,7-8,10-13H2,1H3,(H,23,27)(H,24,25). The van der Waals surface area contributed by atoms with E-state index in [1.807, 2.05) is 42.2 Å². The van der Waals surface area contributed by atoms with Crippen molar-refractivity contribution in [2.75, 3.05) is 13.1 Å². The van der Waals surface area contributed by atoms with Crippen molar-refractivity contribution in [2.45, 2.75) is 51.5 Å². The van der Waals surface area contributed by atoms with Crippen LogP contribution in [0.4, 0.5) is 0 Å². The first-order valence-corrected chi connectivity index (χ1v) is 10.3. The molecular weight excluding hydrogens is 352 g/mol. The molecule has 0 radical (unpaired) electrons. The molecule has 1 aliphatic heterocycles. The molecule has 1 aromatic heterocycles. The van der Waals surface area contributed by atoms with Gasteiger partial charge in [0.05, 0.1) is 5.69 Å². The maximum absolute atomic E-state index is 12.8. The molecule has 1 saturated heterocycles. The van der Waals surface area contributed by atoms with Gasteiger partial charge in [-0.15, -0.1) is 0 Å². The Kier molecular flexibility index (Phi) is 5.46. The molecule has 2 amide bonds. The van der Waals surface area contributed by atoms with Crippen molar-refractivity contribution in [1.82, 2.24) is 20.4 Å². The predicted molar refractivity (Wildman–Crippen MR) is 108 cm³/mol. The van der Waals surface area contributed by atoms with E-state index in [4.69, 9.17) is 0 Å². The molecule has 2 aliphatic rings. The van der Waals surface area contributed by atoms with Crippen LogP contribution in [0.2, 0.25) is 0 Å². The number of rotatable bonds is 4. The molecule has 1 aliphatic carbocycles. The molecule has 2 N–H and O–H groups in total. The Bertz CT molecular complexity index is 846. The zero-order valence-electron chi connectivity index (χ0n) is 16.4. The monoisotopic (exact) mass is 380 g/mol. The summed E-state index contributed by atoms with van der Waals surface area (Å²) in [5.74, 6) is 0.385. The molecule has 1 saturated carbocycles. The van der Waals surface area contributed by atoms with E-state index in [9.17, 15) is 9.59 Å². The van der Waals surface area contributed by atoms with Crippen LogP contribution in [0.25, 0.3) is 11.3 Å². The maximum atomic E-state index is 12.8. The Morgan fingerprint density at radius 1 is 1.11 bits per heavy atom. The molecule has 148 valence electrons. The van der Waals surface area contributed by atoms with Crippen LogP contribution in [0.15, 0.2) is 30.3 Å². The topological polar surface area (TPSA) is 78.1 Å². The molecule has 0 bridgehead atoms. The zero-order valence-corrected chi connectivity index (χ0v) is 16.4. The van der Waals surface area contributed by atoms with Crippen LogP contribution >= 0.6 is 0 Å². The van der Waals surface area contributed by atoms with Gasteiger partial charge < -0.3 is 10.2 Å². The van der Waals surface area contributed by atoms with Crippen LogP contribution in [-0.2, 0) is 4.79 Å². The number of aromatic amines is 1. The summed E-state index contributed by atoms with van der Waals surface area (Å²) in [6, 6.07) is 10.0. The predicted octanol–water partition coefficient (Wildman–Crippen LogP) is 3.30. The van der Waals surface area contributed by atoms with Crippen molar-refractivity contribution in [3.63, 3.8) is 0 Å². The van der Waals surface area contributed by atoms with Crippen molar-refractivity contribution < 1.29 is 9.59 Å². The Hall–Kier alpha value is -2.63. The fraction of sp³-hybridized carbons (Fsp3) is 0.500. The molecule has 2 fully saturated rings. The van der Waals surface area contributed by atoms with Crippen molar-refractivity contribution >= 4 is 11.8 Å². The third kappa shape index (κ3) is 3.96. The van der Waals surface area contributed by atoms with E-state index >= 15 is 0 Å². The lowest BCUT2D eigenvalue weighted by Crippen LogP contribution is -2.47. The summed E-state index contributed by atoms with van der Waals surface area (Å²) in [4.78, 5) is 27.0. The minimum absolute atomic E-state index is 0.0205. The summed E-state index contributed by atoms with van der Waals surface area (Å²) >= 11 is 0. The number of aryl methyl sites for hydroxylation is 1. The fourth-order valence-electron chi connectivity index (χ4n) is 4.33. The minimum atomic E-state index is -0.0205. The van der Waals surface area contributed by atoms with Gasteiger partial charge in [0.15, 0.2) is 0 Å². The number of carbonyl (C=O) groups is 2. The van der Waals surface area contributed by atoms with Crippen LogP contribution < -0.4 is 5.32 Å². The number of amides is 2. The largest absolute Gasteiger partial charge is 0.353 e. The second-order valence-electron chi connectivity index (χ2n) is 8.04. The second kappa shape index (κ2) is 8.17. The van der Waals surface area contributed by atoms with E-state index in [1.165, 1.54) is 12.8 Å². The quantitative estimate of drug-likeness (QED) is 0.854. The first-order chi connectivity index (χ1) is 13.6.